The lowest BCUT2D eigenvalue weighted by atomic mass is 10.2. The second-order valence-electron chi connectivity index (χ2n) is 6.12. The predicted molar refractivity (Wildman–Crippen MR) is 113 cm³/mol. The maximum absolute atomic E-state index is 12.4. The van der Waals surface area contributed by atoms with E-state index in [1.807, 2.05) is 0 Å². The summed E-state index contributed by atoms with van der Waals surface area (Å²) >= 11 is 13.1. The van der Waals surface area contributed by atoms with Crippen LogP contribution in [0, 0.1) is 0 Å². The first-order valence-corrected chi connectivity index (χ1v) is 10.2. The summed E-state index contributed by atoms with van der Waals surface area (Å²) in [5.41, 5.74) is 0.820. The number of carbonyl (C=O) groups is 1. The maximum atomic E-state index is 12.4. The second kappa shape index (κ2) is 9.25. The monoisotopic (exact) mass is 491 g/mol. The molecule has 1 aromatic heterocycles. The Bertz CT molecular complexity index is 1090. The van der Waals surface area contributed by atoms with Crippen molar-refractivity contribution in [2.24, 2.45) is 0 Å². The molecule has 2 aromatic carbocycles. The van der Waals surface area contributed by atoms with Crippen LogP contribution < -0.4 is 15.9 Å². The number of hydrogen-bond acceptors (Lipinski definition) is 6. The van der Waals surface area contributed by atoms with Crippen LogP contribution in [0.5, 0.6) is 5.75 Å². The van der Waals surface area contributed by atoms with Gasteiger partial charge in [-0.15, -0.1) is 23.4 Å². The number of anilines is 1. The van der Waals surface area contributed by atoms with E-state index >= 15 is 0 Å². The minimum absolute atomic E-state index is 0.262. The van der Waals surface area contributed by atoms with Crippen LogP contribution in [0.15, 0.2) is 47.6 Å². The van der Waals surface area contributed by atoms with Crippen molar-refractivity contribution < 1.29 is 22.7 Å². The van der Waals surface area contributed by atoms with Crippen molar-refractivity contribution in [3.63, 3.8) is 0 Å². The zero-order valence-corrected chi connectivity index (χ0v) is 18.0. The quantitative estimate of drug-likeness (QED) is 0.372. The van der Waals surface area contributed by atoms with Gasteiger partial charge in [0, 0.05) is 16.3 Å². The van der Waals surface area contributed by atoms with E-state index in [-0.39, 0.29) is 11.0 Å². The molecule has 0 fully saturated rings. The molecule has 0 saturated carbocycles. The molecule has 3 rings (SSSR count). The molecule has 7 nitrogen and oxygen atoms in total. The molecule has 1 heterocycles. The molecular weight excluding hydrogens is 478 g/mol. The molecule has 164 valence electrons. The summed E-state index contributed by atoms with van der Waals surface area (Å²) in [6.07, 6.45) is -4.79. The van der Waals surface area contributed by atoms with Gasteiger partial charge < -0.3 is 15.9 Å². The number of halogens is 5. The fourth-order valence-electron chi connectivity index (χ4n) is 2.41. The van der Waals surface area contributed by atoms with Crippen molar-refractivity contribution in [1.29, 1.82) is 0 Å². The van der Waals surface area contributed by atoms with Gasteiger partial charge in [-0.3, -0.25) is 4.79 Å². The number of alkyl halides is 3. The highest BCUT2D eigenvalue weighted by molar-refractivity contribution is 8.00. The molecule has 3 N–H and O–H groups in total. The summed E-state index contributed by atoms with van der Waals surface area (Å²) in [6, 6.07) is 9.60. The predicted octanol–water partition coefficient (Wildman–Crippen LogP) is 4.98. The van der Waals surface area contributed by atoms with Crippen molar-refractivity contribution in [2.45, 2.75) is 23.7 Å². The van der Waals surface area contributed by atoms with Gasteiger partial charge in [-0.1, -0.05) is 35.0 Å². The minimum Gasteiger partial charge on any atom is -0.406 e. The number of rotatable bonds is 6. The third-order valence-corrected chi connectivity index (χ3v) is 5.45. The van der Waals surface area contributed by atoms with E-state index in [0.29, 0.717) is 21.3 Å². The summed E-state index contributed by atoms with van der Waals surface area (Å²) in [5.74, 6) is 5.54. The average molecular weight is 492 g/mol. The van der Waals surface area contributed by atoms with Crippen LogP contribution in [-0.2, 0) is 4.79 Å². The fourth-order valence-corrected chi connectivity index (χ4v) is 3.67. The van der Waals surface area contributed by atoms with Gasteiger partial charge >= 0.3 is 6.36 Å². The Labute approximate surface area is 188 Å². The van der Waals surface area contributed by atoms with Gasteiger partial charge in [0.05, 0.1) is 10.3 Å². The van der Waals surface area contributed by atoms with Crippen LogP contribution in [0.4, 0.5) is 18.9 Å². The normalized spacial score (nSPS) is 12.5. The van der Waals surface area contributed by atoms with E-state index in [9.17, 15) is 18.0 Å². The Morgan fingerprint density at radius 2 is 1.87 bits per heavy atom. The Kier molecular flexibility index (Phi) is 6.87. The molecule has 31 heavy (non-hydrogen) atoms. The number of nitrogens with two attached hydrogens (primary N) is 1. The van der Waals surface area contributed by atoms with Gasteiger partial charge in [-0.25, -0.2) is 4.68 Å². The second-order valence-corrected chi connectivity index (χ2v) is 8.27. The van der Waals surface area contributed by atoms with E-state index in [4.69, 9.17) is 29.0 Å². The van der Waals surface area contributed by atoms with E-state index in [2.05, 4.69) is 20.3 Å². The topological polar surface area (TPSA) is 95.1 Å². The van der Waals surface area contributed by atoms with Gasteiger partial charge in [0.25, 0.3) is 0 Å². The molecule has 0 bridgehead atoms. The van der Waals surface area contributed by atoms with Crippen LogP contribution in [0.1, 0.15) is 6.92 Å². The van der Waals surface area contributed by atoms with Gasteiger partial charge in [-0.2, -0.15) is 0 Å². The molecule has 3 aromatic rings. The van der Waals surface area contributed by atoms with E-state index < -0.39 is 23.3 Å². The van der Waals surface area contributed by atoms with Gasteiger partial charge in [0.15, 0.2) is 5.82 Å². The smallest absolute Gasteiger partial charge is 0.406 e. The highest BCUT2D eigenvalue weighted by Crippen LogP contribution is 2.31. The number of hydrogen-bond donors (Lipinski definition) is 2. The van der Waals surface area contributed by atoms with Crippen LogP contribution in [0.3, 0.4) is 0 Å². The Morgan fingerprint density at radius 3 is 2.48 bits per heavy atom. The average Bonchev–Trinajstić information content (AvgIpc) is 3.02. The lowest BCUT2D eigenvalue weighted by Crippen LogP contribution is -2.23. The molecule has 0 radical (unpaired) electrons. The largest absolute Gasteiger partial charge is 0.573 e. The first-order chi connectivity index (χ1) is 14.5. The van der Waals surface area contributed by atoms with Crippen molar-refractivity contribution in [1.82, 2.24) is 14.9 Å². The number of nitrogens with one attached hydrogen (secondary N) is 1. The van der Waals surface area contributed by atoms with Crippen LogP contribution in [-0.4, -0.2) is 32.4 Å². The number of ether oxygens (including phenoxy) is 1. The molecule has 1 amide bonds. The number of aromatic nitrogens is 3. The summed E-state index contributed by atoms with van der Waals surface area (Å²) in [6.45, 7) is 1.62. The molecule has 0 aliphatic heterocycles. The van der Waals surface area contributed by atoms with Crippen LogP contribution in [0.25, 0.3) is 11.4 Å². The summed E-state index contributed by atoms with van der Waals surface area (Å²) in [5, 5.41) is 11.0. The molecule has 0 spiro atoms. The molecular formula is C18H14Cl2F3N5O2S. The number of benzene rings is 2. The third-order valence-electron chi connectivity index (χ3n) is 3.84. The maximum Gasteiger partial charge on any atom is 0.573 e. The molecule has 1 unspecified atom stereocenters. The standard InChI is InChI=1S/C18H14Cl2F3N5O2S/c1-9(16(29)25-11-3-5-12(6-4-11)30-18(21,22)23)31-17-27-26-15(28(17)24)13-7-2-10(19)8-14(13)20/h2-9H,24H2,1H3,(H,25,29). The Hall–Kier alpha value is -2.63. The van der Waals surface area contributed by atoms with E-state index in [0.717, 1.165) is 23.9 Å². The van der Waals surface area contributed by atoms with Crippen molar-refractivity contribution in [3.05, 3.63) is 52.5 Å². The molecule has 0 saturated heterocycles. The van der Waals surface area contributed by atoms with Crippen LogP contribution >= 0.6 is 35.0 Å². The fraction of sp³-hybridized carbons (Fsp3) is 0.167. The number of nitrogen functional groups attached to an aromatic ring is 1. The van der Waals surface area contributed by atoms with Crippen molar-refractivity contribution in [3.8, 4) is 17.1 Å². The van der Waals surface area contributed by atoms with Crippen molar-refractivity contribution >= 4 is 46.6 Å². The minimum atomic E-state index is -4.79. The summed E-state index contributed by atoms with van der Waals surface area (Å²) < 4.78 is 41.6. The summed E-state index contributed by atoms with van der Waals surface area (Å²) in [4.78, 5) is 12.4. The Morgan fingerprint density at radius 1 is 1.19 bits per heavy atom. The van der Waals surface area contributed by atoms with Gasteiger partial charge in [0.2, 0.25) is 11.1 Å². The van der Waals surface area contributed by atoms with Crippen LogP contribution in [0.2, 0.25) is 10.0 Å². The first kappa shape index (κ1) is 23.0. The zero-order valence-electron chi connectivity index (χ0n) is 15.7. The first-order valence-electron chi connectivity index (χ1n) is 8.53. The zero-order chi connectivity index (χ0) is 22.8. The number of thioether (sulfide) groups is 1. The molecule has 1 atom stereocenters. The van der Waals surface area contributed by atoms with E-state index in [1.54, 1.807) is 25.1 Å². The highest BCUT2D eigenvalue weighted by atomic mass is 35.5. The summed E-state index contributed by atoms with van der Waals surface area (Å²) in [7, 11) is 0. The lowest BCUT2D eigenvalue weighted by molar-refractivity contribution is -0.274. The third kappa shape index (κ3) is 5.96. The van der Waals surface area contributed by atoms with E-state index in [1.165, 1.54) is 16.8 Å². The SMILES string of the molecule is CC(Sc1nnc(-c2ccc(Cl)cc2Cl)n1N)C(=O)Nc1ccc(OC(F)(F)F)cc1. The number of nitrogens with zero attached hydrogens (tertiary/aromatic N) is 3. The lowest BCUT2D eigenvalue weighted by Gasteiger charge is -2.13. The number of amides is 1. The number of carbonyl (C=O) groups excluding carboxylic acids is 1. The van der Waals surface area contributed by atoms with Gasteiger partial charge in [-0.05, 0) is 49.4 Å². The van der Waals surface area contributed by atoms with Crippen molar-refractivity contribution in [2.75, 3.05) is 11.2 Å². The molecule has 0 aliphatic carbocycles. The molecule has 0 aliphatic rings. The Balaban J connectivity index is 1.65. The van der Waals surface area contributed by atoms with Gasteiger partial charge in [0.1, 0.15) is 5.75 Å². The highest BCUT2D eigenvalue weighted by Gasteiger charge is 2.31. The molecule has 13 heteroatoms.